The minimum atomic E-state index is -0.981. The van der Waals surface area contributed by atoms with Crippen molar-refractivity contribution < 1.29 is 9.90 Å². The topological polar surface area (TPSA) is 64.3 Å². The van der Waals surface area contributed by atoms with E-state index in [1.807, 2.05) is 6.07 Å². The highest BCUT2D eigenvalue weighted by Crippen LogP contribution is 2.28. The van der Waals surface area contributed by atoms with Gasteiger partial charge in [-0.25, -0.2) is 0 Å². The third-order valence-corrected chi connectivity index (χ3v) is 2.93. The fourth-order valence-corrected chi connectivity index (χ4v) is 1.66. The molecule has 0 atom stereocenters. The van der Waals surface area contributed by atoms with Crippen LogP contribution in [0, 0.1) is 16.7 Å². The predicted molar refractivity (Wildman–Crippen MR) is 55.8 cm³/mol. The van der Waals surface area contributed by atoms with Gasteiger partial charge in [-0.05, 0) is 33.1 Å². The molecule has 1 aliphatic carbocycles. The lowest BCUT2D eigenvalue weighted by Crippen LogP contribution is -2.50. The Morgan fingerprint density at radius 3 is 2.53 bits per heavy atom. The molecule has 0 aromatic carbocycles. The fourth-order valence-electron chi connectivity index (χ4n) is 1.66. The maximum atomic E-state index is 12.0. The van der Waals surface area contributed by atoms with Crippen LogP contribution in [-0.4, -0.2) is 35.1 Å². The van der Waals surface area contributed by atoms with Crippen LogP contribution in [-0.2, 0) is 4.79 Å². The number of nitriles is 1. The van der Waals surface area contributed by atoms with Crippen molar-refractivity contribution in [3.8, 4) is 6.07 Å². The van der Waals surface area contributed by atoms with Crippen LogP contribution in [0.4, 0.5) is 0 Å². The molecule has 0 aromatic rings. The first kappa shape index (κ1) is 12.0. The maximum absolute atomic E-state index is 12.0. The number of hydrogen-bond acceptors (Lipinski definition) is 3. The van der Waals surface area contributed by atoms with E-state index in [4.69, 9.17) is 10.4 Å². The van der Waals surface area contributed by atoms with E-state index in [1.54, 1.807) is 18.7 Å². The molecule has 1 fully saturated rings. The van der Waals surface area contributed by atoms with Crippen LogP contribution in [0.2, 0.25) is 0 Å². The second kappa shape index (κ2) is 4.63. The molecule has 0 unspecified atom stereocenters. The molecule has 0 aliphatic heterocycles. The molecule has 4 heteroatoms. The number of aliphatic hydroxyl groups is 1. The largest absolute Gasteiger partial charge is 0.395 e. The van der Waals surface area contributed by atoms with Gasteiger partial charge in [-0.15, -0.1) is 0 Å². The van der Waals surface area contributed by atoms with Crippen molar-refractivity contribution in [3.63, 3.8) is 0 Å². The molecule has 0 spiro atoms. The van der Waals surface area contributed by atoms with Crippen LogP contribution in [0.15, 0.2) is 0 Å². The number of amides is 1. The summed E-state index contributed by atoms with van der Waals surface area (Å²) >= 11 is 0. The molecule has 1 amide bonds. The van der Waals surface area contributed by atoms with E-state index < -0.39 is 5.41 Å². The van der Waals surface area contributed by atoms with Crippen molar-refractivity contribution >= 4 is 5.91 Å². The zero-order valence-corrected chi connectivity index (χ0v) is 9.36. The van der Waals surface area contributed by atoms with Gasteiger partial charge in [-0.3, -0.25) is 4.79 Å². The monoisotopic (exact) mass is 210 g/mol. The second-order valence-corrected chi connectivity index (χ2v) is 4.54. The van der Waals surface area contributed by atoms with Gasteiger partial charge in [0.1, 0.15) is 5.41 Å². The lowest BCUT2D eigenvalue weighted by atomic mass is 9.87. The average molecular weight is 210 g/mol. The van der Waals surface area contributed by atoms with Gasteiger partial charge in [0.25, 0.3) is 0 Å². The number of aliphatic hydroxyl groups excluding tert-OH is 1. The summed E-state index contributed by atoms with van der Waals surface area (Å²) in [6.07, 6.45) is 3.12. The average Bonchev–Trinajstić information content (AvgIpc) is 2.13. The first-order valence-electron chi connectivity index (χ1n) is 5.36. The van der Waals surface area contributed by atoms with Crippen LogP contribution in [0.3, 0.4) is 0 Å². The number of carbonyl (C=O) groups excluding carboxylic acids is 1. The maximum Gasteiger partial charge on any atom is 0.242 e. The molecule has 1 aliphatic rings. The van der Waals surface area contributed by atoms with Crippen LogP contribution in [0.1, 0.15) is 33.1 Å². The normalized spacial score (nSPS) is 16.7. The number of nitrogens with zero attached hydrogens (tertiary/aromatic N) is 2. The van der Waals surface area contributed by atoms with Gasteiger partial charge in [-0.1, -0.05) is 0 Å². The molecule has 0 saturated heterocycles. The highest BCUT2D eigenvalue weighted by molar-refractivity contribution is 5.85. The summed E-state index contributed by atoms with van der Waals surface area (Å²) in [5, 5.41) is 17.8. The summed E-state index contributed by atoms with van der Waals surface area (Å²) in [5.74, 6) is -0.163. The van der Waals surface area contributed by atoms with Crippen molar-refractivity contribution in [2.24, 2.45) is 5.41 Å². The van der Waals surface area contributed by atoms with Crippen LogP contribution in [0.5, 0.6) is 0 Å². The third kappa shape index (κ3) is 2.48. The molecular formula is C11H18N2O2. The second-order valence-electron chi connectivity index (χ2n) is 4.54. The van der Waals surface area contributed by atoms with E-state index in [-0.39, 0.29) is 18.6 Å². The van der Waals surface area contributed by atoms with Gasteiger partial charge < -0.3 is 10.0 Å². The van der Waals surface area contributed by atoms with Gasteiger partial charge in [-0.2, -0.15) is 5.26 Å². The number of rotatable bonds is 4. The van der Waals surface area contributed by atoms with E-state index >= 15 is 0 Å². The Labute approximate surface area is 90.5 Å². The molecule has 0 aromatic heterocycles. The van der Waals surface area contributed by atoms with E-state index in [0.29, 0.717) is 6.54 Å². The Morgan fingerprint density at radius 1 is 1.60 bits per heavy atom. The van der Waals surface area contributed by atoms with E-state index in [2.05, 4.69) is 0 Å². The van der Waals surface area contributed by atoms with Gasteiger partial charge >= 0.3 is 0 Å². The smallest absolute Gasteiger partial charge is 0.242 e. The standard InChI is InChI=1S/C11H18N2O2/c1-11(2,8-12)10(15)13(6-7-14)9-4-3-5-9/h9,14H,3-7H2,1-2H3. The summed E-state index contributed by atoms with van der Waals surface area (Å²) in [7, 11) is 0. The minimum Gasteiger partial charge on any atom is -0.395 e. The molecular weight excluding hydrogens is 192 g/mol. The Kier molecular flexibility index (Phi) is 3.70. The lowest BCUT2D eigenvalue weighted by molar-refractivity contribution is -0.142. The van der Waals surface area contributed by atoms with Crippen molar-refractivity contribution in [1.29, 1.82) is 5.26 Å². The minimum absolute atomic E-state index is 0.0379. The van der Waals surface area contributed by atoms with E-state index in [1.165, 1.54) is 0 Å². The van der Waals surface area contributed by atoms with Crippen molar-refractivity contribution in [2.45, 2.75) is 39.2 Å². The summed E-state index contributed by atoms with van der Waals surface area (Å²) in [6.45, 7) is 3.55. The van der Waals surface area contributed by atoms with Crippen LogP contribution >= 0.6 is 0 Å². The third-order valence-electron chi connectivity index (χ3n) is 2.93. The number of carbonyl (C=O) groups is 1. The highest BCUT2D eigenvalue weighted by atomic mass is 16.3. The predicted octanol–water partition coefficient (Wildman–Crippen LogP) is 0.910. The zero-order chi connectivity index (χ0) is 11.5. The summed E-state index contributed by atoms with van der Waals surface area (Å²) in [5.41, 5.74) is -0.981. The van der Waals surface area contributed by atoms with Gasteiger partial charge in [0.2, 0.25) is 5.91 Å². The Bertz CT molecular complexity index is 277. The molecule has 1 rings (SSSR count). The van der Waals surface area contributed by atoms with Crippen LogP contribution < -0.4 is 0 Å². The van der Waals surface area contributed by atoms with Gasteiger partial charge in [0.15, 0.2) is 0 Å². The zero-order valence-electron chi connectivity index (χ0n) is 9.36. The molecule has 1 N–H and O–H groups in total. The summed E-state index contributed by atoms with van der Waals surface area (Å²) in [6, 6.07) is 2.24. The molecule has 1 saturated carbocycles. The van der Waals surface area contributed by atoms with Crippen molar-refractivity contribution in [3.05, 3.63) is 0 Å². The molecule has 0 radical (unpaired) electrons. The van der Waals surface area contributed by atoms with E-state index in [9.17, 15) is 4.79 Å². The van der Waals surface area contributed by atoms with Crippen molar-refractivity contribution in [1.82, 2.24) is 4.90 Å². The Balaban J connectivity index is 2.71. The molecule has 0 bridgehead atoms. The molecule has 4 nitrogen and oxygen atoms in total. The SMILES string of the molecule is CC(C)(C#N)C(=O)N(CCO)C1CCC1. The quantitative estimate of drug-likeness (QED) is 0.750. The van der Waals surface area contributed by atoms with Gasteiger partial charge in [0, 0.05) is 12.6 Å². The molecule has 0 heterocycles. The van der Waals surface area contributed by atoms with Crippen molar-refractivity contribution in [2.75, 3.05) is 13.2 Å². The Morgan fingerprint density at radius 2 is 2.20 bits per heavy atom. The molecule has 15 heavy (non-hydrogen) atoms. The summed E-state index contributed by atoms with van der Waals surface area (Å²) < 4.78 is 0. The Hall–Kier alpha value is -1.08. The number of hydrogen-bond donors (Lipinski definition) is 1. The summed E-state index contributed by atoms with van der Waals surface area (Å²) in [4.78, 5) is 13.7. The molecule has 84 valence electrons. The lowest BCUT2D eigenvalue weighted by Gasteiger charge is -2.39. The first-order chi connectivity index (χ1) is 7.03. The fraction of sp³-hybridized carbons (Fsp3) is 0.818. The van der Waals surface area contributed by atoms with Crippen LogP contribution in [0.25, 0.3) is 0 Å². The highest BCUT2D eigenvalue weighted by Gasteiger charge is 2.37. The van der Waals surface area contributed by atoms with Gasteiger partial charge in [0.05, 0.1) is 12.7 Å². The van der Waals surface area contributed by atoms with E-state index in [0.717, 1.165) is 19.3 Å². The first-order valence-corrected chi connectivity index (χ1v) is 5.36.